The van der Waals surface area contributed by atoms with Crippen LogP contribution in [0.3, 0.4) is 0 Å². The monoisotopic (exact) mass is 352 g/mol. The number of rotatable bonds is 4. The molecular weight excluding hydrogens is 336 g/mol. The summed E-state index contributed by atoms with van der Waals surface area (Å²) in [6, 6.07) is 1.91. The third-order valence-electron chi connectivity index (χ3n) is 3.06. The minimum atomic E-state index is 0. The summed E-state index contributed by atoms with van der Waals surface area (Å²) in [5.41, 5.74) is 0. The van der Waals surface area contributed by atoms with Crippen LogP contribution in [-0.2, 0) is 0 Å². The first-order valence-electron chi connectivity index (χ1n) is 5.99. The van der Waals surface area contributed by atoms with Crippen LogP contribution < -0.4 is 10.6 Å². The van der Waals surface area contributed by atoms with Gasteiger partial charge in [0.05, 0.1) is 0 Å². The molecule has 1 unspecified atom stereocenters. The Morgan fingerprint density at radius 1 is 1.61 bits per heavy atom. The van der Waals surface area contributed by atoms with Crippen molar-refractivity contribution in [3.05, 3.63) is 20.8 Å². The molecule has 0 saturated carbocycles. The molecule has 1 aromatic rings. The van der Waals surface area contributed by atoms with E-state index in [9.17, 15) is 4.79 Å². The number of carbonyl (C=O) groups excluding carboxylic acids is 1. The van der Waals surface area contributed by atoms with E-state index in [0.717, 1.165) is 41.3 Å². The lowest BCUT2D eigenvalue weighted by molar-refractivity contribution is 0.0954. The van der Waals surface area contributed by atoms with Crippen LogP contribution in [0.4, 0.5) is 0 Å². The summed E-state index contributed by atoms with van der Waals surface area (Å²) in [6.07, 6.45) is 3.61. The molecular formula is C12H18BrClN2OS. The van der Waals surface area contributed by atoms with Crippen LogP contribution in [0.2, 0.25) is 0 Å². The molecule has 1 aliphatic rings. The molecule has 1 amide bonds. The van der Waals surface area contributed by atoms with Gasteiger partial charge in [0.25, 0.3) is 5.91 Å². The standard InChI is InChI=1S/C12H17BrN2OS.ClH/c13-10-4-7-17-11(10)12(16)15-6-3-9-2-1-5-14-8-9;/h4,7,9,14H,1-3,5-6,8H2,(H,15,16);1H. The summed E-state index contributed by atoms with van der Waals surface area (Å²) in [6.45, 7) is 3.01. The highest BCUT2D eigenvalue weighted by atomic mass is 79.9. The van der Waals surface area contributed by atoms with Gasteiger partial charge in [0, 0.05) is 11.0 Å². The van der Waals surface area contributed by atoms with Gasteiger partial charge in [0.2, 0.25) is 0 Å². The van der Waals surface area contributed by atoms with Crippen molar-refractivity contribution in [2.24, 2.45) is 5.92 Å². The zero-order valence-corrected chi connectivity index (χ0v) is 13.3. The SMILES string of the molecule is Cl.O=C(NCCC1CCCNC1)c1sccc1Br. The van der Waals surface area contributed by atoms with Gasteiger partial charge >= 0.3 is 0 Å². The van der Waals surface area contributed by atoms with Crippen molar-refractivity contribution in [2.75, 3.05) is 19.6 Å². The van der Waals surface area contributed by atoms with Gasteiger partial charge in [0.15, 0.2) is 0 Å². The van der Waals surface area contributed by atoms with Crippen LogP contribution in [0.15, 0.2) is 15.9 Å². The molecule has 0 aliphatic carbocycles. The molecule has 0 aromatic carbocycles. The second-order valence-electron chi connectivity index (χ2n) is 4.35. The molecule has 0 radical (unpaired) electrons. The first-order chi connectivity index (χ1) is 8.27. The van der Waals surface area contributed by atoms with Crippen molar-refractivity contribution in [3.8, 4) is 0 Å². The maximum Gasteiger partial charge on any atom is 0.262 e. The number of nitrogens with one attached hydrogen (secondary N) is 2. The predicted octanol–water partition coefficient (Wildman–Crippen LogP) is 3.05. The van der Waals surface area contributed by atoms with Gasteiger partial charge in [0.1, 0.15) is 4.88 Å². The molecule has 1 saturated heterocycles. The lowest BCUT2D eigenvalue weighted by atomic mass is 9.96. The summed E-state index contributed by atoms with van der Waals surface area (Å²) in [5.74, 6) is 0.756. The van der Waals surface area contributed by atoms with Crippen LogP contribution >= 0.6 is 39.7 Å². The van der Waals surface area contributed by atoms with Crippen molar-refractivity contribution in [1.82, 2.24) is 10.6 Å². The average Bonchev–Trinajstić information content (AvgIpc) is 2.77. The van der Waals surface area contributed by atoms with E-state index in [2.05, 4.69) is 26.6 Å². The van der Waals surface area contributed by atoms with Gasteiger partial charge in [-0.05, 0) is 65.6 Å². The van der Waals surface area contributed by atoms with E-state index in [1.165, 1.54) is 24.2 Å². The number of piperidine rings is 1. The number of amides is 1. The number of thiophene rings is 1. The minimum absolute atomic E-state index is 0. The van der Waals surface area contributed by atoms with E-state index < -0.39 is 0 Å². The summed E-state index contributed by atoms with van der Waals surface area (Å²) >= 11 is 4.85. The highest BCUT2D eigenvalue weighted by molar-refractivity contribution is 9.10. The highest BCUT2D eigenvalue weighted by Gasteiger charge is 2.14. The van der Waals surface area contributed by atoms with E-state index in [1.807, 2.05) is 11.4 Å². The Morgan fingerprint density at radius 2 is 2.44 bits per heavy atom. The Labute approximate surface area is 126 Å². The van der Waals surface area contributed by atoms with E-state index in [0.29, 0.717) is 0 Å². The predicted molar refractivity (Wildman–Crippen MR) is 81.8 cm³/mol. The zero-order valence-electron chi connectivity index (χ0n) is 10.1. The first kappa shape index (κ1) is 16.0. The van der Waals surface area contributed by atoms with Gasteiger partial charge in [-0.15, -0.1) is 23.7 Å². The molecule has 2 heterocycles. The van der Waals surface area contributed by atoms with Crippen LogP contribution in [-0.4, -0.2) is 25.5 Å². The van der Waals surface area contributed by atoms with E-state index in [-0.39, 0.29) is 18.3 Å². The Balaban J connectivity index is 0.00000162. The third-order valence-corrected chi connectivity index (χ3v) is 4.90. The van der Waals surface area contributed by atoms with Crippen LogP contribution in [0.1, 0.15) is 28.9 Å². The molecule has 102 valence electrons. The molecule has 1 fully saturated rings. The Bertz CT molecular complexity index is 380. The molecule has 3 nitrogen and oxygen atoms in total. The van der Waals surface area contributed by atoms with Gasteiger partial charge < -0.3 is 10.6 Å². The quantitative estimate of drug-likeness (QED) is 0.873. The molecule has 2 rings (SSSR count). The number of carbonyl (C=O) groups is 1. The first-order valence-corrected chi connectivity index (χ1v) is 7.66. The average molecular weight is 354 g/mol. The van der Waals surface area contributed by atoms with Crippen LogP contribution in [0.25, 0.3) is 0 Å². The zero-order chi connectivity index (χ0) is 12.1. The summed E-state index contributed by atoms with van der Waals surface area (Å²) in [5, 5.41) is 8.30. The topological polar surface area (TPSA) is 41.1 Å². The molecule has 1 aromatic heterocycles. The third kappa shape index (κ3) is 4.53. The lowest BCUT2D eigenvalue weighted by Gasteiger charge is -2.22. The van der Waals surface area contributed by atoms with Gasteiger partial charge in [-0.3, -0.25) is 4.79 Å². The Kier molecular flexibility index (Phi) is 7.22. The molecule has 0 bridgehead atoms. The van der Waals surface area contributed by atoms with Crippen molar-refractivity contribution in [3.63, 3.8) is 0 Å². The molecule has 1 atom stereocenters. The summed E-state index contributed by atoms with van der Waals surface area (Å²) in [4.78, 5) is 12.6. The van der Waals surface area contributed by atoms with Crippen LogP contribution in [0.5, 0.6) is 0 Å². The fourth-order valence-electron chi connectivity index (χ4n) is 2.10. The van der Waals surface area contributed by atoms with Gasteiger partial charge in [-0.1, -0.05) is 0 Å². The van der Waals surface area contributed by atoms with Crippen molar-refractivity contribution < 1.29 is 4.79 Å². The smallest absolute Gasteiger partial charge is 0.262 e. The Hall–Kier alpha value is -0.100. The number of hydrogen-bond donors (Lipinski definition) is 2. The largest absolute Gasteiger partial charge is 0.351 e. The maximum absolute atomic E-state index is 11.8. The second-order valence-corrected chi connectivity index (χ2v) is 6.13. The number of halogens is 2. The van der Waals surface area contributed by atoms with Crippen molar-refractivity contribution in [2.45, 2.75) is 19.3 Å². The minimum Gasteiger partial charge on any atom is -0.351 e. The van der Waals surface area contributed by atoms with E-state index in [1.54, 1.807) is 0 Å². The molecule has 18 heavy (non-hydrogen) atoms. The molecule has 6 heteroatoms. The normalized spacial score (nSPS) is 19.1. The molecule has 2 N–H and O–H groups in total. The van der Waals surface area contributed by atoms with Gasteiger partial charge in [-0.25, -0.2) is 0 Å². The number of hydrogen-bond acceptors (Lipinski definition) is 3. The van der Waals surface area contributed by atoms with Crippen molar-refractivity contribution >= 4 is 45.6 Å². The second kappa shape index (κ2) is 8.15. The van der Waals surface area contributed by atoms with Gasteiger partial charge in [-0.2, -0.15) is 0 Å². The lowest BCUT2D eigenvalue weighted by Crippen LogP contribution is -2.33. The highest BCUT2D eigenvalue weighted by Crippen LogP contribution is 2.22. The van der Waals surface area contributed by atoms with Crippen LogP contribution in [0, 0.1) is 5.92 Å². The summed E-state index contributed by atoms with van der Waals surface area (Å²) in [7, 11) is 0. The Morgan fingerprint density at radius 3 is 3.06 bits per heavy atom. The summed E-state index contributed by atoms with van der Waals surface area (Å²) < 4.78 is 0.888. The molecule has 1 aliphatic heterocycles. The van der Waals surface area contributed by atoms with E-state index in [4.69, 9.17) is 0 Å². The fourth-order valence-corrected chi connectivity index (χ4v) is 3.56. The molecule has 0 spiro atoms. The van der Waals surface area contributed by atoms with Crippen molar-refractivity contribution in [1.29, 1.82) is 0 Å². The fraction of sp³-hybridized carbons (Fsp3) is 0.583. The maximum atomic E-state index is 11.8. The van der Waals surface area contributed by atoms with E-state index >= 15 is 0 Å².